The third kappa shape index (κ3) is 2.32. The molecule has 0 aliphatic heterocycles. The van der Waals surface area contributed by atoms with E-state index in [0.29, 0.717) is 0 Å². The van der Waals surface area contributed by atoms with Gasteiger partial charge in [-0.1, -0.05) is 19.1 Å². The molecule has 0 fully saturated rings. The molecule has 1 aromatic rings. The minimum atomic E-state index is 0.810. The Bertz CT molecular complexity index is 576. The highest BCUT2D eigenvalue weighted by molar-refractivity contribution is 7.18. The molecule has 1 aromatic heterocycles. The maximum absolute atomic E-state index is 6.19. The van der Waals surface area contributed by atoms with E-state index in [1.165, 1.54) is 21.7 Å². The van der Waals surface area contributed by atoms with E-state index in [-0.39, 0.29) is 0 Å². The molecule has 3 nitrogen and oxygen atoms in total. The highest BCUT2D eigenvalue weighted by Gasteiger charge is 2.26. The smallest absolute Gasteiger partial charge is 0.0960 e. The summed E-state index contributed by atoms with van der Waals surface area (Å²) in [6.45, 7) is 4.14. The van der Waals surface area contributed by atoms with Crippen LogP contribution in [-0.4, -0.2) is 12.8 Å². The third-order valence-corrected chi connectivity index (χ3v) is 4.57. The Balaban J connectivity index is 2.61. The summed E-state index contributed by atoms with van der Waals surface area (Å²) in [5.41, 5.74) is 17.9. The van der Waals surface area contributed by atoms with E-state index in [1.807, 2.05) is 13.1 Å². The predicted molar refractivity (Wildman–Crippen MR) is 86.5 cm³/mol. The topological polar surface area (TPSA) is 64.4 Å². The minimum Gasteiger partial charge on any atom is -0.398 e. The number of aliphatic imine (C=N–C) groups is 1. The van der Waals surface area contributed by atoms with Crippen molar-refractivity contribution in [3.8, 4) is 0 Å². The first-order valence-electron chi connectivity index (χ1n) is 6.63. The Morgan fingerprint density at radius 3 is 2.74 bits per heavy atom. The van der Waals surface area contributed by atoms with Crippen LogP contribution in [0.4, 0.5) is 5.00 Å². The molecule has 0 aromatic carbocycles. The van der Waals surface area contributed by atoms with Gasteiger partial charge in [-0.2, -0.15) is 0 Å². The average molecular weight is 275 g/mol. The van der Waals surface area contributed by atoms with Crippen molar-refractivity contribution in [1.29, 1.82) is 0 Å². The van der Waals surface area contributed by atoms with Crippen molar-refractivity contribution >= 4 is 33.3 Å². The number of nitrogen functional groups attached to an aromatic ring is 1. The molecule has 102 valence electrons. The monoisotopic (exact) mass is 275 g/mol. The van der Waals surface area contributed by atoms with Gasteiger partial charge in [-0.15, -0.1) is 11.3 Å². The van der Waals surface area contributed by atoms with Crippen LogP contribution < -0.4 is 11.5 Å². The summed E-state index contributed by atoms with van der Waals surface area (Å²) in [5, 5.41) is 0.823. The lowest BCUT2D eigenvalue weighted by Gasteiger charge is -2.18. The summed E-state index contributed by atoms with van der Waals surface area (Å²) in [4.78, 5) is 5.63. The summed E-state index contributed by atoms with van der Waals surface area (Å²) in [6.07, 6.45) is 7.03. The normalized spacial score (nSPS) is 20.1. The molecule has 0 atom stereocenters. The van der Waals surface area contributed by atoms with Gasteiger partial charge in [0.25, 0.3) is 0 Å². The molecule has 0 radical (unpaired) electrons. The number of nitrogens with zero attached hydrogens (tertiary/aromatic N) is 1. The number of hydrogen-bond acceptors (Lipinski definition) is 4. The van der Waals surface area contributed by atoms with Crippen molar-refractivity contribution in [3.05, 3.63) is 28.2 Å². The molecule has 1 aliphatic carbocycles. The zero-order valence-corrected chi connectivity index (χ0v) is 12.6. The molecule has 0 amide bonds. The summed E-state index contributed by atoms with van der Waals surface area (Å²) in [5.74, 6) is 0. The van der Waals surface area contributed by atoms with Gasteiger partial charge in [0.2, 0.25) is 0 Å². The Morgan fingerprint density at radius 2 is 2.16 bits per heavy atom. The number of allylic oxidation sites excluding steroid dienone is 3. The molecule has 0 unspecified atom stereocenters. The van der Waals surface area contributed by atoms with Gasteiger partial charge in [-0.05, 0) is 31.7 Å². The van der Waals surface area contributed by atoms with Crippen LogP contribution >= 0.6 is 11.3 Å². The van der Waals surface area contributed by atoms with Gasteiger partial charge in [0.15, 0.2) is 0 Å². The zero-order valence-electron chi connectivity index (χ0n) is 11.8. The summed E-state index contributed by atoms with van der Waals surface area (Å²) in [6, 6.07) is 0. The zero-order chi connectivity index (χ0) is 14.0. The van der Waals surface area contributed by atoms with Gasteiger partial charge in [0.1, 0.15) is 0 Å². The molecule has 0 bridgehead atoms. The molecular formula is C15H21N3S. The summed E-state index contributed by atoms with van der Waals surface area (Å²) < 4.78 is 0. The van der Waals surface area contributed by atoms with Crippen LogP contribution in [0.25, 0.3) is 11.3 Å². The number of thiophene rings is 1. The molecule has 0 saturated heterocycles. The van der Waals surface area contributed by atoms with Crippen molar-refractivity contribution in [3.63, 3.8) is 0 Å². The van der Waals surface area contributed by atoms with Gasteiger partial charge in [0.05, 0.1) is 5.00 Å². The van der Waals surface area contributed by atoms with Crippen LogP contribution in [0.3, 0.4) is 0 Å². The predicted octanol–water partition coefficient (Wildman–Crippen LogP) is 3.46. The molecule has 1 aliphatic rings. The number of fused-ring (bicyclic) bond motifs is 1. The van der Waals surface area contributed by atoms with E-state index in [0.717, 1.165) is 35.5 Å². The average Bonchev–Trinajstić information content (AvgIpc) is 2.73. The minimum absolute atomic E-state index is 0.810. The van der Waals surface area contributed by atoms with Gasteiger partial charge in [-0.25, -0.2) is 0 Å². The van der Waals surface area contributed by atoms with E-state index in [1.54, 1.807) is 11.3 Å². The fraction of sp³-hybridized carbons (Fsp3) is 0.400. The van der Waals surface area contributed by atoms with E-state index >= 15 is 0 Å². The molecule has 19 heavy (non-hydrogen) atoms. The van der Waals surface area contributed by atoms with Crippen molar-refractivity contribution in [1.82, 2.24) is 0 Å². The summed E-state index contributed by atoms with van der Waals surface area (Å²) in [7, 11) is 1.85. The lowest BCUT2D eigenvalue weighted by molar-refractivity contribution is 1.02. The highest BCUT2D eigenvalue weighted by atomic mass is 32.1. The number of nitrogens with two attached hydrogens (primary N) is 2. The molecule has 2 rings (SSSR count). The molecular weight excluding hydrogens is 254 g/mol. The maximum atomic E-state index is 6.19. The Morgan fingerprint density at radius 1 is 1.42 bits per heavy atom. The standard InChI is InChI=1S/C15H21N3S/c1-4-6-11(16)13-10-7-8-12(18-3)9(5-2)14(10)19-15(13)17/h5-6H,4,7-8,16-17H2,1-3H3/b9-5+,11-6-,18-12?. The van der Waals surface area contributed by atoms with E-state index in [2.05, 4.69) is 24.9 Å². The first kappa shape index (κ1) is 13.9. The SMILES string of the molecule is C/C=C1\C(=NC)CCc2c1sc(N)c2/C(N)=C/CC. The Hall–Kier alpha value is -1.55. The van der Waals surface area contributed by atoms with Gasteiger partial charge < -0.3 is 11.5 Å². The Kier molecular flexibility index (Phi) is 4.10. The lowest BCUT2D eigenvalue weighted by Crippen LogP contribution is -2.12. The lowest BCUT2D eigenvalue weighted by atomic mass is 9.89. The fourth-order valence-corrected chi connectivity index (χ4v) is 3.85. The van der Waals surface area contributed by atoms with Gasteiger partial charge >= 0.3 is 0 Å². The van der Waals surface area contributed by atoms with Crippen LogP contribution in [0.5, 0.6) is 0 Å². The first-order valence-corrected chi connectivity index (χ1v) is 7.45. The van der Waals surface area contributed by atoms with Gasteiger partial charge in [0, 0.05) is 34.5 Å². The number of hydrogen-bond donors (Lipinski definition) is 2. The number of anilines is 1. The van der Waals surface area contributed by atoms with Crippen molar-refractivity contribution in [2.24, 2.45) is 10.7 Å². The van der Waals surface area contributed by atoms with Crippen LogP contribution in [0.2, 0.25) is 0 Å². The second-order valence-electron chi connectivity index (χ2n) is 4.59. The van der Waals surface area contributed by atoms with Crippen molar-refractivity contribution in [2.75, 3.05) is 12.8 Å². The van der Waals surface area contributed by atoms with Crippen LogP contribution in [0, 0.1) is 0 Å². The molecule has 4 heteroatoms. The second-order valence-corrected chi connectivity index (χ2v) is 5.64. The largest absolute Gasteiger partial charge is 0.398 e. The van der Waals surface area contributed by atoms with Crippen molar-refractivity contribution in [2.45, 2.75) is 33.1 Å². The van der Waals surface area contributed by atoms with Crippen LogP contribution in [-0.2, 0) is 6.42 Å². The van der Waals surface area contributed by atoms with Crippen molar-refractivity contribution < 1.29 is 0 Å². The highest BCUT2D eigenvalue weighted by Crippen LogP contribution is 2.42. The second kappa shape index (κ2) is 5.61. The first-order chi connectivity index (χ1) is 9.13. The quantitative estimate of drug-likeness (QED) is 0.868. The molecule has 1 heterocycles. The molecule has 0 spiro atoms. The maximum Gasteiger partial charge on any atom is 0.0960 e. The van der Waals surface area contributed by atoms with Crippen LogP contribution in [0.1, 0.15) is 42.7 Å². The van der Waals surface area contributed by atoms with E-state index < -0.39 is 0 Å². The van der Waals surface area contributed by atoms with E-state index in [4.69, 9.17) is 11.5 Å². The van der Waals surface area contributed by atoms with E-state index in [9.17, 15) is 0 Å². The Labute approximate surface area is 118 Å². The fourth-order valence-electron chi connectivity index (χ4n) is 2.62. The van der Waals surface area contributed by atoms with Crippen LogP contribution in [0.15, 0.2) is 17.1 Å². The molecule has 4 N–H and O–H groups in total. The third-order valence-electron chi connectivity index (χ3n) is 3.47. The summed E-state index contributed by atoms with van der Waals surface area (Å²) >= 11 is 1.63. The number of rotatable bonds is 2. The van der Waals surface area contributed by atoms with Gasteiger partial charge in [-0.3, -0.25) is 4.99 Å². The molecule has 0 saturated carbocycles.